The first-order valence-electron chi connectivity index (χ1n) is 10.3. The lowest BCUT2D eigenvalue weighted by atomic mass is 10.2. The van der Waals surface area contributed by atoms with Crippen LogP contribution in [0.1, 0.15) is 11.1 Å². The van der Waals surface area contributed by atoms with E-state index in [1.807, 2.05) is 36.4 Å². The van der Waals surface area contributed by atoms with E-state index in [2.05, 4.69) is 31.1 Å². The van der Waals surface area contributed by atoms with Crippen molar-refractivity contribution >= 4 is 51.3 Å². The second kappa shape index (κ2) is 11.4. The third-order valence-corrected chi connectivity index (χ3v) is 6.45. The Balaban J connectivity index is 1.56. The number of benzene rings is 3. The van der Waals surface area contributed by atoms with Gasteiger partial charge >= 0.3 is 5.97 Å². The lowest BCUT2D eigenvalue weighted by Gasteiger charge is -2.10. The van der Waals surface area contributed by atoms with Crippen LogP contribution in [0.2, 0.25) is 5.02 Å². The number of ether oxygens (including phenoxy) is 2. The summed E-state index contributed by atoms with van der Waals surface area (Å²) in [6.07, 6.45) is 1.54. The first kappa shape index (κ1) is 24.8. The number of halogens is 2. The summed E-state index contributed by atoms with van der Waals surface area (Å²) in [5.41, 5.74) is 2.23. The third kappa shape index (κ3) is 6.45. The van der Waals surface area contributed by atoms with E-state index in [-0.39, 0.29) is 10.1 Å². The van der Waals surface area contributed by atoms with Crippen molar-refractivity contribution in [2.45, 2.75) is 11.8 Å². The van der Waals surface area contributed by atoms with E-state index in [1.54, 1.807) is 43.5 Å². The number of nitrogens with one attached hydrogen (secondary N) is 1. The van der Waals surface area contributed by atoms with Crippen LogP contribution in [0, 0.1) is 0 Å². The minimum Gasteiger partial charge on any atom is -0.496 e. The average molecular weight is 573 g/mol. The van der Waals surface area contributed by atoms with Gasteiger partial charge in [-0.2, -0.15) is 0 Å². The van der Waals surface area contributed by atoms with Crippen LogP contribution in [-0.2, 0) is 11.4 Å². The quantitative estimate of drug-likeness (QED) is 0.170. The fraction of sp³-hybridized carbons (Fsp3) is 0.0800. The molecule has 1 heterocycles. The average Bonchev–Trinajstić information content (AvgIpc) is 3.32. The third-order valence-electron chi connectivity index (χ3n) is 4.81. The number of carboxylic acids is 1. The SMILES string of the molecule is COc1ccc(Cl)cc1-c1nc(S/C(=C\c2ccccc2OCc2ccc(Br)cc2)C(=O)O)n[nH]1. The normalized spacial score (nSPS) is 11.3. The first-order valence-corrected chi connectivity index (χ1v) is 12.3. The van der Waals surface area contributed by atoms with Crippen molar-refractivity contribution < 1.29 is 19.4 Å². The van der Waals surface area contributed by atoms with Crippen LogP contribution >= 0.6 is 39.3 Å². The van der Waals surface area contributed by atoms with Crippen molar-refractivity contribution in [3.63, 3.8) is 0 Å². The molecule has 10 heteroatoms. The van der Waals surface area contributed by atoms with Gasteiger partial charge in [0.05, 0.1) is 12.7 Å². The van der Waals surface area contributed by atoms with E-state index in [0.29, 0.717) is 40.1 Å². The van der Waals surface area contributed by atoms with Crippen molar-refractivity contribution in [1.29, 1.82) is 0 Å². The zero-order chi connectivity index (χ0) is 24.8. The molecule has 0 saturated carbocycles. The van der Waals surface area contributed by atoms with Crippen LogP contribution in [0.4, 0.5) is 0 Å². The van der Waals surface area contributed by atoms with Gasteiger partial charge in [-0.05, 0) is 59.8 Å². The summed E-state index contributed by atoms with van der Waals surface area (Å²) in [5, 5.41) is 17.5. The largest absolute Gasteiger partial charge is 0.496 e. The van der Waals surface area contributed by atoms with Gasteiger partial charge in [-0.15, -0.1) is 5.10 Å². The Morgan fingerprint density at radius 2 is 1.91 bits per heavy atom. The zero-order valence-corrected chi connectivity index (χ0v) is 21.5. The Morgan fingerprint density at radius 3 is 2.66 bits per heavy atom. The highest BCUT2D eigenvalue weighted by Gasteiger charge is 2.17. The van der Waals surface area contributed by atoms with Crippen molar-refractivity contribution in [2.75, 3.05) is 7.11 Å². The van der Waals surface area contributed by atoms with Crippen LogP contribution < -0.4 is 9.47 Å². The van der Waals surface area contributed by atoms with E-state index in [0.717, 1.165) is 21.8 Å². The van der Waals surface area contributed by atoms with Gasteiger partial charge in [0.2, 0.25) is 5.16 Å². The number of carboxylic acid groups (broad SMARTS) is 1. The number of rotatable bonds is 9. The van der Waals surface area contributed by atoms with Crippen LogP contribution in [0.3, 0.4) is 0 Å². The Hall–Kier alpha value is -3.27. The van der Waals surface area contributed by atoms with E-state index in [4.69, 9.17) is 21.1 Å². The molecule has 35 heavy (non-hydrogen) atoms. The van der Waals surface area contributed by atoms with E-state index < -0.39 is 5.97 Å². The summed E-state index contributed by atoms with van der Waals surface area (Å²) in [5.74, 6) is 0.432. The summed E-state index contributed by atoms with van der Waals surface area (Å²) in [6.45, 7) is 0.347. The smallest absolute Gasteiger partial charge is 0.342 e. The number of aliphatic carboxylic acids is 1. The number of nitrogens with zero attached hydrogens (tertiary/aromatic N) is 2. The molecular formula is C25H19BrClN3O4S. The number of hydrogen-bond acceptors (Lipinski definition) is 6. The molecule has 4 aromatic rings. The summed E-state index contributed by atoms with van der Waals surface area (Å²) in [4.78, 5) is 16.5. The molecule has 0 bridgehead atoms. The van der Waals surface area contributed by atoms with Crippen LogP contribution in [0.5, 0.6) is 11.5 Å². The molecule has 7 nitrogen and oxygen atoms in total. The Bertz CT molecular complexity index is 1380. The Labute approximate surface area is 219 Å². The fourth-order valence-electron chi connectivity index (χ4n) is 3.13. The summed E-state index contributed by atoms with van der Waals surface area (Å²) < 4.78 is 12.3. The number of thioether (sulfide) groups is 1. The number of H-pyrrole nitrogens is 1. The molecule has 3 aromatic carbocycles. The zero-order valence-electron chi connectivity index (χ0n) is 18.4. The van der Waals surface area contributed by atoms with Gasteiger partial charge < -0.3 is 14.6 Å². The maximum absolute atomic E-state index is 12.0. The van der Waals surface area contributed by atoms with Gasteiger partial charge in [0.15, 0.2) is 5.82 Å². The molecule has 0 amide bonds. The topological polar surface area (TPSA) is 97.3 Å². The van der Waals surface area contributed by atoms with Crippen LogP contribution in [0.15, 0.2) is 81.3 Å². The second-order valence-electron chi connectivity index (χ2n) is 7.18. The van der Waals surface area contributed by atoms with Gasteiger partial charge in [0, 0.05) is 15.1 Å². The Morgan fingerprint density at radius 1 is 1.14 bits per heavy atom. The number of methoxy groups -OCH3 is 1. The number of para-hydroxylation sites is 1. The molecule has 178 valence electrons. The maximum atomic E-state index is 12.0. The number of aromatic amines is 1. The molecule has 0 radical (unpaired) electrons. The molecule has 4 rings (SSSR count). The molecule has 0 spiro atoms. The predicted octanol–water partition coefficient (Wildman–Crippen LogP) is 6.69. The molecule has 1 aromatic heterocycles. The van der Waals surface area contributed by atoms with E-state index in [1.165, 1.54) is 0 Å². The molecule has 0 saturated heterocycles. The molecule has 0 aliphatic rings. The molecule has 0 aliphatic carbocycles. The van der Waals surface area contributed by atoms with Crippen molar-refractivity contribution in [3.05, 3.63) is 92.3 Å². The van der Waals surface area contributed by atoms with Crippen LogP contribution in [-0.4, -0.2) is 33.4 Å². The summed E-state index contributed by atoms with van der Waals surface area (Å²) in [7, 11) is 1.54. The van der Waals surface area contributed by atoms with Gasteiger partial charge in [-0.1, -0.05) is 57.9 Å². The molecule has 0 aliphatic heterocycles. The molecule has 0 atom stereocenters. The van der Waals surface area contributed by atoms with Gasteiger partial charge in [0.25, 0.3) is 0 Å². The minimum absolute atomic E-state index is 0.0355. The van der Waals surface area contributed by atoms with Crippen molar-refractivity contribution in [2.24, 2.45) is 0 Å². The standard InChI is InChI=1S/C25H19BrClN3O4S/c1-33-21-11-10-18(27)13-19(21)23-28-25(30-29-23)35-22(24(31)32)12-16-4-2-3-5-20(16)34-14-15-6-8-17(26)9-7-15/h2-13H,14H2,1H3,(H,31,32)(H,28,29,30)/b22-12-. The van der Waals surface area contributed by atoms with Gasteiger partial charge in [-0.3, -0.25) is 5.10 Å². The number of aromatic nitrogens is 3. The van der Waals surface area contributed by atoms with E-state index >= 15 is 0 Å². The highest BCUT2D eigenvalue weighted by Crippen LogP contribution is 2.33. The predicted molar refractivity (Wildman–Crippen MR) is 140 cm³/mol. The highest BCUT2D eigenvalue weighted by atomic mass is 79.9. The molecular weight excluding hydrogens is 554 g/mol. The number of hydrogen-bond donors (Lipinski definition) is 2. The second-order valence-corrected chi connectivity index (χ2v) is 9.54. The van der Waals surface area contributed by atoms with Gasteiger partial charge in [0.1, 0.15) is 23.0 Å². The lowest BCUT2D eigenvalue weighted by Crippen LogP contribution is -1.99. The fourth-order valence-corrected chi connectivity index (χ4v) is 4.26. The van der Waals surface area contributed by atoms with Crippen molar-refractivity contribution in [1.82, 2.24) is 15.2 Å². The monoisotopic (exact) mass is 571 g/mol. The highest BCUT2D eigenvalue weighted by molar-refractivity contribution is 9.10. The molecule has 2 N–H and O–H groups in total. The lowest BCUT2D eigenvalue weighted by molar-refractivity contribution is -0.131. The van der Waals surface area contributed by atoms with Crippen molar-refractivity contribution in [3.8, 4) is 22.9 Å². The summed E-state index contributed by atoms with van der Waals surface area (Å²) >= 11 is 10.4. The molecule has 0 unspecified atom stereocenters. The maximum Gasteiger partial charge on any atom is 0.342 e. The minimum atomic E-state index is -1.11. The van der Waals surface area contributed by atoms with Crippen LogP contribution in [0.25, 0.3) is 17.5 Å². The number of carbonyl (C=O) groups is 1. The Kier molecular flexibility index (Phi) is 8.12. The van der Waals surface area contributed by atoms with Gasteiger partial charge in [-0.25, -0.2) is 9.78 Å². The van der Waals surface area contributed by atoms with E-state index in [9.17, 15) is 9.90 Å². The summed E-state index contributed by atoms with van der Waals surface area (Å²) in [6, 6.07) is 20.2. The first-order chi connectivity index (χ1) is 16.9. The molecule has 0 fully saturated rings.